The van der Waals surface area contributed by atoms with Crippen LogP contribution in [0, 0.1) is 24.8 Å². The number of hydrogen-bond donors (Lipinski definition) is 0. The normalized spacial score (nSPS) is 12.0. The first kappa shape index (κ1) is 38.7. The smallest absolute Gasteiger partial charge is 0.220 e. The molecule has 0 aliphatic carbocycles. The molecule has 0 fully saturated rings. The van der Waals surface area contributed by atoms with Crippen molar-refractivity contribution in [2.75, 3.05) is 0 Å². The fourth-order valence-corrected chi connectivity index (χ4v) is 12.8. The summed E-state index contributed by atoms with van der Waals surface area (Å²) < 4.78 is 21.0. The molecule has 324 valence electrons. The zero-order valence-corrected chi connectivity index (χ0v) is 38.2. The van der Waals surface area contributed by atoms with E-state index in [-0.39, 0.29) is 0 Å². The molecule has 0 N–H and O–H groups in total. The standard InChI is InChI=1S/C63H34N4O2S/c1-35-25-26-38-42-29-32-47-41-21-11-14-24-52(41)70-63(47)59(42)66(49(38)33-35)56-48(34-64)53(36-15-5-3-6-16-36)55(65-2)60(54(56)37-17-7-4-8-18-37)67-57-43(27-30-45-39-19-9-12-22-50(39)68-61(45)57)44-28-31-46-40-20-10-13-23-51(40)69-62(46)58(44)67/h3-33H,1H3. The topological polar surface area (TPSA) is 64.3 Å². The molecule has 0 aliphatic heterocycles. The second-order valence-electron chi connectivity index (χ2n) is 18.1. The molecule has 15 aromatic rings. The van der Waals surface area contributed by atoms with Crippen LogP contribution >= 0.6 is 11.3 Å². The molecular weight excluding hydrogens is 877 g/mol. The van der Waals surface area contributed by atoms with Crippen LogP contribution in [0.5, 0.6) is 0 Å². The van der Waals surface area contributed by atoms with Gasteiger partial charge in [-0.25, -0.2) is 4.85 Å². The number of nitriles is 1. The Morgan fingerprint density at radius 1 is 0.486 bits per heavy atom. The van der Waals surface area contributed by atoms with Gasteiger partial charge in [0.25, 0.3) is 0 Å². The number of furan rings is 2. The van der Waals surface area contributed by atoms with Crippen LogP contribution in [0.2, 0.25) is 0 Å². The van der Waals surface area contributed by atoms with Crippen LogP contribution in [0.25, 0.3) is 146 Å². The highest BCUT2D eigenvalue weighted by Crippen LogP contribution is 2.55. The van der Waals surface area contributed by atoms with Crippen molar-refractivity contribution in [1.29, 1.82) is 5.26 Å². The maximum absolute atomic E-state index is 12.1. The summed E-state index contributed by atoms with van der Waals surface area (Å²) in [6.45, 7) is 11.6. The molecular formula is C63H34N4O2S. The third-order valence-corrected chi connectivity index (χ3v) is 15.6. The third-order valence-electron chi connectivity index (χ3n) is 14.4. The Kier molecular flexibility index (Phi) is 7.91. The Bertz CT molecular complexity index is 4730. The van der Waals surface area contributed by atoms with Crippen LogP contribution in [0.1, 0.15) is 11.1 Å². The van der Waals surface area contributed by atoms with Crippen molar-refractivity contribution in [3.05, 3.63) is 211 Å². The molecule has 5 heterocycles. The highest BCUT2D eigenvalue weighted by Gasteiger charge is 2.34. The molecule has 0 atom stereocenters. The van der Waals surface area contributed by atoms with Gasteiger partial charge >= 0.3 is 0 Å². The number of aryl methyl sites for hydroxylation is 1. The summed E-state index contributed by atoms with van der Waals surface area (Å²) in [4.78, 5) is 4.61. The SMILES string of the molecule is [C-]#[N+]c1c(-c2ccccc2)c(C#N)c(-n2c3cc(C)ccc3c3ccc4c5ccccc5sc4c32)c(-c2ccccc2)c1-n1c2c(ccc3c4ccccc4oc32)c2ccc3c4ccccc4oc3c21. The summed E-state index contributed by atoms with van der Waals surface area (Å²) in [7, 11) is 0. The molecule has 0 saturated heterocycles. The average molecular weight is 911 g/mol. The number of para-hydroxylation sites is 2. The van der Waals surface area contributed by atoms with Crippen LogP contribution in [-0.2, 0) is 0 Å². The van der Waals surface area contributed by atoms with Gasteiger partial charge in [-0.2, -0.15) is 5.26 Å². The van der Waals surface area contributed by atoms with Crippen molar-refractivity contribution in [1.82, 2.24) is 9.13 Å². The molecule has 5 aromatic heterocycles. The second-order valence-corrected chi connectivity index (χ2v) is 19.2. The molecule has 6 nitrogen and oxygen atoms in total. The van der Waals surface area contributed by atoms with Gasteiger partial charge < -0.3 is 18.0 Å². The summed E-state index contributed by atoms with van der Waals surface area (Å²) in [6.07, 6.45) is 0. The lowest BCUT2D eigenvalue weighted by Gasteiger charge is -2.26. The number of hydrogen-bond acceptors (Lipinski definition) is 4. The van der Waals surface area contributed by atoms with Gasteiger partial charge in [-0.15, -0.1) is 11.3 Å². The minimum absolute atomic E-state index is 0.342. The molecule has 15 rings (SSSR count). The van der Waals surface area contributed by atoms with Crippen LogP contribution in [0.15, 0.2) is 197 Å². The molecule has 0 bridgehead atoms. The van der Waals surface area contributed by atoms with Gasteiger partial charge in [0, 0.05) is 69.7 Å². The van der Waals surface area contributed by atoms with Crippen molar-refractivity contribution in [3.8, 4) is 39.7 Å². The number of fused-ring (bicyclic) bond motifs is 18. The first-order valence-electron chi connectivity index (χ1n) is 23.3. The average Bonchev–Trinajstić information content (AvgIpc) is 4.23. The van der Waals surface area contributed by atoms with Gasteiger partial charge in [0.05, 0.1) is 50.3 Å². The minimum atomic E-state index is 0.342. The van der Waals surface area contributed by atoms with E-state index in [2.05, 4.69) is 130 Å². The van der Waals surface area contributed by atoms with Gasteiger partial charge in [-0.3, -0.25) is 0 Å². The Balaban J connectivity index is 1.27. The van der Waals surface area contributed by atoms with Crippen LogP contribution < -0.4 is 0 Å². The Hall–Kier alpha value is -9.40. The lowest BCUT2D eigenvalue weighted by molar-refractivity contribution is 0.669. The Morgan fingerprint density at radius 2 is 1.00 bits per heavy atom. The number of rotatable bonds is 4. The third kappa shape index (κ3) is 5.08. The fraction of sp³-hybridized carbons (Fsp3) is 0.0159. The minimum Gasteiger partial charge on any atom is -0.454 e. The van der Waals surface area contributed by atoms with Crippen molar-refractivity contribution >= 4 is 125 Å². The van der Waals surface area contributed by atoms with E-state index in [1.165, 1.54) is 10.1 Å². The second kappa shape index (κ2) is 14.3. The predicted octanol–water partition coefficient (Wildman–Crippen LogP) is 18.1. The van der Waals surface area contributed by atoms with E-state index in [9.17, 15) is 11.8 Å². The van der Waals surface area contributed by atoms with E-state index < -0.39 is 0 Å². The van der Waals surface area contributed by atoms with E-state index in [4.69, 9.17) is 8.83 Å². The van der Waals surface area contributed by atoms with Crippen molar-refractivity contribution in [2.45, 2.75) is 6.92 Å². The van der Waals surface area contributed by atoms with Crippen LogP contribution in [0.4, 0.5) is 5.69 Å². The molecule has 7 heteroatoms. The van der Waals surface area contributed by atoms with Gasteiger partial charge in [-0.05, 0) is 60.0 Å². The molecule has 70 heavy (non-hydrogen) atoms. The van der Waals surface area contributed by atoms with Gasteiger partial charge in [0.15, 0.2) is 11.2 Å². The zero-order chi connectivity index (χ0) is 46.4. The van der Waals surface area contributed by atoms with Crippen molar-refractivity contribution in [2.24, 2.45) is 0 Å². The summed E-state index contributed by atoms with van der Waals surface area (Å²) in [5, 5.41) is 22.4. The van der Waals surface area contributed by atoms with E-state index in [1.54, 1.807) is 11.3 Å². The fourth-order valence-electron chi connectivity index (χ4n) is 11.5. The molecule has 0 spiro atoms. The number of thiophene rings is 1. The molecule has 10 aromatic carbocycles. The van der Waals surface area contributed by atoms with E-state index >= 15 is 0 Å². The van der Waals surface area contributed by atoms with Crippen molar-refractivity contribution < 1.29 is 8.83 Å². The molecule has 0 aliphatic rings. The zero-order valence-electron chi connectivity index (χ0n) is 37.4. The highest BCUT2D eigenvalue weighted by atomic mass is 32.1. The van der Waals surface area contributed by atoms with E-state index in [0.717, 1.165) is 109 Å². The lowest BCUT2D eigenvalue weighted by Crippen LogP contribution is -2.09. The summed E-state index contributed by atoms with van der Waals surface area (Å²) in [6, 6.07) is 67.8. The van der Waals surface area contributed by atoms with Gasteiger partial charge in [0.2, 0.25) is 5.69 Å². The largest absolute Gasteiger partial charge is 0.454 e. The van der Waals surface area contributed by atoms with Gasteiger partial charge in [-0.1, -0.05) is 152 Å². The van der Waals surface area contributed by atoms with Gasteiger partial charge in [0.1, 0.15) is 17.2 Å². The monoisotopic (exact) mass is 910 g/mol. The summed E-state index contributed by atoms with van der Waals surface area (Å²) in [5.74, 6) is 0. The number of nitrogens with zero attached hydrogens (tertiary/aromatic N) is 4. The summed E-state index contributed by atoms with van der Waals surface area (Å²) >= 11 is 1.77. The van der Waals surface area contributed by atoms with Crippen molar-refractivity contribution in [3.63, 3.8) is 0 Å². The predicted molar refractivity (Wildman–Crippen MR) is 289 cm³/mol. The summed E-state index contributed by atoms with van der Waals surface area (Å²) in [5.41, 5.74) is 12.6. The quantitative estimate of drug-likeness (QED) is 0.165. The maximum Gasteiger partial charge on any atom is 0.220 e. The number of benzene rings is 10. The Labute approximate surface area is 403 Å². The first-order chi connectivity index (χ1) is 34.6. The Morgan fingerprint density at radius 3 is 1.61 bits per heavy atom. The molecule has 0 amide bonds. The first-order valence-corrected chi connectivity index (χ1v) is 24.1. The molecule has 0 saturated carbocycles. The molecule has 0 radical (unpaired) electrons. The van der Waals surface area contributed by atoms with E-state index in [0.29, 0.717) is 39.4 Å². The molecule has 0 unspecified atom stereocenters. The van der Waals surface area contributed by atoms with E-state index in [1.807, 2.05) is 84.9 Å². The lowest BCUT2D eigenvalue weighted by atomic mass is 9.88. The maximum atomic E-state index is 12.1. The highest BCUT2D eigenvalue weighted by molar-refractivity contribution is 7.26. The number of aromatic nitrogens is 2. The van der Waals surface area contributed by atoms with Crippen LogP contribution in [0.3, 0.4) is 0 Å². The van der Waals surface area contributed by atoms with Crippen LogP contribution in [-0.4, -0.2) is 9.13 Å².